The summed E-state index contributed by atoms with van der Waals surface area (Å²) in [6, 6.07) is 0. The van der Waals surface area contributed by atoms with Gasteiger partial charge in [-0.15, -0.1) is 0 Å². The number of hydrogen-bond donors (Lipinski definition) is 5. The largest absolute Gasteiger partial charge is 0.397 e. The molecule has 5 aliphatic rings. The molecule has 5 rings (SSSR count). The van der Waals surface area contributed by atoms with E-state index in [4.69, 9.17) is 13.7 Å². The minimum Gasteiger partial charge on any atom is -0.392 e. The number of fused-ring (bicyclic) bond motifs is 5. The van der Waals surface area contributed by atoms with Crippen LogP contribution < -0.4 is 0 Å². The summed E-state index contributed by atoms with van der Waals surface area (Å²) >= 11 is 0. The summed E-state index contributed by atoms with van der Waals surface area (Å²) in [5.74, 6) is 0.288. The molecule has 1 heterocycles. The first-order chi connectivity index (χ1) is 18.3. The van der Waals surface area contributed by atoms with E-state index in [0.29, 0.717) is 19.3 Å². The average molecular weight is 589 g/mol. The summed E-state index contributed by atoms with van der Waals surface area (Å²) < 4.78 is 48.4. The Morgan fingerprint density at radius 2 is 1.73 bits per heavy atom. The fraction of sp³-hybridized carbons (Fsp3) is 0.931. The van der Waals surface area contributed by atoms with Gasteiger partial charge in [0.2, 0.25) is 0 Å². The van der Waals surface area contributed by atoms with E-state index in [1.807, 2.05) is 6.92 Å². The second kappa shape index (κ2) is 9.69. The van der Waals surface area contributed by atoms with E-state index in [0.717, 1.165) is 31.3 Å². The highest BCUT2D eigenvalue weighted by atomic mass is 32.3. The number of ether oxygens (including phenoxy) is 2. The highest BCUT2D eigenvalue weighted by Crippen LogP contribution is 2.69. The van der Waals surface area contributed by atoms with E-state index >= 15 is 0 Å². The molecule has 13 atom stereocenters. The molecular weight excluding hydrogens is 540 g/mol. The zero-order valence-corrected chi connectivity index (χ0v) is 25.4. The molecular formula is C29H48O10S. The van der Waals surface area contributed by atoms with E-state index < -0.39 is 62.6 Å². The molecule has 0 radical (unpaired) electrons. The fourth-order valence-corrected chi connectivity index (χ4v) is 10.3. The van der Waals surface area contributed by atoms with Crippen molar-refractivity contribution in [2.75, 3.05) is 7.11 Å². The molecule has 5 N–H and O–H groups in total. The summed E-state index contributed by atoms with van der Waals surface area (Å²) in [5, 5.41) is 45.5. The Hall–Kier alpha value is -0.630. The number of aliphatic hydroxyl groups excluding tert-OH is 2. The van der Waals surface area contributed by atoms with Crippen LogP contribution in [0.3, 0.4) is 0 Å². The Kier molecular flexibility index (Phi) is 7.46. The molecule has 0 aromatic carbocycles. The lowest BCUT2D eigenvalue weighted by molar-refractivity contribution is -0.338. The van der Waals surface area contributed by atoms with Crippen molar-refractivity contribution in [1.29, 1.82) is 0 Å². The van der Waals surface area contributed by atoms with Crippen LogP contribution in [0.2, 0.25) is 0 Å². The van der Waals surface area contributed by atoms with Gasteiger partial charge < -0.3 is 29.9 Å². The maximum Gasteiger partial charge on any atom is 0.397 e. The van der Waals surface area contributed by atoms with Gasteiger partial charge in [0.05, 0.1) is 23.9 Å². The minimum atomic E-state index is -4.61. The number of allylic oxidation sites excluding steroid dienone is 1. The Bertz CT molecular complexity index is 1140. The highest BCUT2D eigenvalue weighted by Gasteiger charge is 2.68. The standard InChI is InChI=1S/C29H48O10S/c1-16(22-15-26(3,37-6)28(5,32)24(31)38-22)29(33)12-10-20-19-8-7-17-13-18(39-40(34,35)36)14-23(30)27(17,4)21(19)9-11-25(20,29)2/h7,16,18-24,30-33H,8-15H2,1-6H3,(H,34,35,36). The first-order valence-corrected chi connectivity index (χ1v) is 16.1. The summed E-state index contributed by atoms with van der Waals surface area (Å²) in [5.41, 5.74) is -3.67. The minimum absolute atomic E-state index is 0.128. The molecule has 0 aromatic rings. The smallest absolute Gasteiger partial charge is 0.392 e. The molecule has 0 amide bonds. The number of methoxy groups -OCH3 is 1. The Morgan fingerprint density at radius 1 is 1.07 bits per heavy atom. The van der Waals surface area contributed by atoms with Crippen molar-refractivity contribution in [3.63, 3.8) is 0 Å². The van der Waals surface area contributed by atoms with Crippen molar-refractivity contribution >= 4 is 10.4 Å². The van der Waals surface area contributed by atoms with Gasteiger partial charge in [0, 0.05) is 31.3 Å². The summed E-state index contributed by atoms with van der Waals surface area (Å²) in [6.45, 7) is 9.50. The number of hydrogen-bond acceptors (Lipinski definition) is 9. The molecule has 0 aromatic heterocycles. The van der Waals surface area contributed by atoms with E-state index in [-0.39, 0.29) is 30.1 Å². The van der Waals surface area contributed by atoms with Gasteiger partial charge in [-0.05, 0) is 75.5 Å². The first kappa shape index (κ1) is 30.8. The van der Waals surface area contributed by atoms with Crippen LogP contribution in [-0.2, 0) is 24.1 Å². The van der Waals surface area contributed by atoms with Crippen molar-refractivity contribution in [2.45, 2.75) is 127 Å². The topological polar surface area (TPSA) is 163 Å². The second-order valence-corrected chi connectivity index (χ2v) is 15.3. The lowest BCUT2D eigenvalue weighted by Crippen LogP contribution is -2.67. The van der Waals surface area contributed by atoms with E-state index in [2.05, 4.69) is 19.9 Å². The van der Waals surface area contributed by atoms with E-state index in [1.54, 1.807) is 6.92 Å². The van der Waals surface area contributed by atoms with Crippen LogP contribution in [0.25, 0.3) is 0 Å². The maximum atomic E-state index is 12.5. The molecule has 13 unspecified atom stereocenters. The van der Waals surface area contributed by atoms with Gasteiger partial charge in [-0.1, -0.05) is 32.4 Å². The van der Waals surface area contributed by atoms with Crippen molar-refractivity contribution in [2.24, 2.45) is 34.5 Å². The lowest BCUT2D eigenvalue weighted by Gasteiger charge is -2.61. The van der Waals surface area contributed by atoms with Crippen molar-refractivity contribution < 1.29 is 47.1 Å². The van der Waals surface area contributed by atoms with Crippen LogP contribution in [0.4, 0.5) is 0 Å². The lowest BCUT2D eigenvalue weighted by atomic mass is 9.45. The normalized spacial score (nSPS) is 53.7. The van der Waals surface area contributed by atoms with Crippen LogP contribution >= 0.6 is 0 Å². The third-order valence-corrected chi connectivity index (χ3v) is 13.4. The Morgan fingerprint density at radius 3 is 2.35 bits per heavy atom. The molecule has 230 valence electrons. The second-order valence-electron chi connectivity index (χ2n) is 14.2. The summed E-state index contributed by atoms with van der Waals surface area (Å²) in [7, 11) is -3.10. The highest BCUT2D eigenvalue weighted by molar-refractivity contribution is 7.80. The van der Waals surface area contributed by atoms with Crippen LogP contribution in [-0.4, -0.2) is 81.9 Å². The zero-order valence-electron chi connectivity index (χ0n) is 24.5. The van der Waals surface area contributed by atoms with Gasteiger partial charge in [0.25, 0.3) is 0 Å². The molecule has 0 bridgehead atoms. The molecule has 10 nitrogen and oxygen atoms in total. The molecule has 3 saturated carbocycles. The SMILES string of the molecule is COC1(C)CC(C(C)C2(O)CCC3C4CC=C5CC(OS(=O)(=O)O)CC(O)C5(C)C4CCC32C)OC(O)C1(C)O. The average Bonchev–Trinajstić information content (AvgIpc) is 3.13. The molecule has 1 aliphatic heterocycles. The number of rotatable bonds is 5. The quantitative estimate of drug-likeness (QED) is 0.238. The molecule has 1 saturated heterocycles. The Labute approximate surface area is 238 Å². The van der Waals surface area contributed by atoms with Crippen LogP contribution in [0.5, 0.6) is 0 Å². The van der Waals surface area contributed by atoms with Crippen molar-refractivity contribution in [3.05, 3.63) is 11.6 Å². The van der Waals surface area contributed by atoms with Crippen LogP contribution in [0, 0.1) is 34.5 Å². The molecule has 40 heavy (non-hydrogen) atoms. The summed E-state index contributed by atoms with van der Waals surface area (Å²) in [4.78, 5) is 0. The van der Waals surface area contributed by atoms with E-state index in [1.165, 1.54) is 14.0 Å². The van der Waals surface area contributed by atoms with Gasteiger partial charge in [-0.3, -0.25) is 4.55 Å². The van der Waals surface area contributed by atoms with Crippen molar-refractivity contribution in [1.82, 2.24) is 0 Å². The van der Waals surface area contributed by atoms with Crippen molar-refractivity contribution in [3.8, 4) is 0 Å². The third kappa shape index (κ3) is 4.29. The van der Waals surface area contributed by atoms with Gasteiger partial charge >= 0.3 is 10.4 Å². The fourth-order valence-electron chi connectivity index (χ4n) is 9.82. The predicted molar refractivity (Wildman–Crippen MR) is 145 cm³/mol. The molecule has 0 spiro atoms. The summed E-state index contributed by atoms with van der Waals surface area (Å²) in [6.07, 6.45) is 3.11. The zero-order chi connectivity index (χ0) is 29.7. The first-order valence-electron chi connectivity index (χ1n) is 14.7. The van der Waals surface area contributed by atoms with Gasteiger partial charge in [-0.2, -0.15) is 8.42 Å². The van der Waals surface area contributed by atoms with Gasteiger partial charge in [-0.25, -0.2) is 4.18 Å². The van der Waals surface area contributed by atoms with E-state index in [9.17, 15) is 33.4 Å². The maximum absolute atomic E-state index is 12.5. The monoisotopic (exact) mass is 588 g/mol. The predicted octanol–water partition coefficient (Wildman–Crippen LogP) is 2.74. The third-order valence-electron chi connectivity index (χ3n) is 12.8. The molecule has 11 heteroatoms. The molecule has 4 fully saturated rings. The molecule has 4 aliphatic carbocycles. The van der Waals surface area contributed by atoms with Gasteiger partial charge in [0.15, 0.2) is 6.29 Å². The van der Waals surface area contributed by atoms with Crippen LogP contribution in [0.1, 0.15) is 86.0 Å². The number of aliphatic hydroxyl groups is 4. The Balaban J connectivity index is 1.40. The van der Waals surface area contributed by atoms with Gasteiger partial charge in [0.1, 0.15) is 11.2 Å². The van der Waals surface area contributed by atoms with Crippen LogP contribution in [0.15, 0.2) is 11.6 Å².